The minimum atomic E-state index is -0.416. The lowest BCUT2D eigenvalue weighted by Gasteiger charge is -2.10. The van der Waals surface area contributed by atoms with Gasteiger partial charge in [-0.15, -0.1) is 0 Å². The predicted octanol–water partition coefficient (Wildman–Crippen LogP) is 4.80. The first kappa shape index (κ1) is 18.6. The number of carbonyl (C=O) groups is 2. The summed E-state index contributed by atoms with van der Waals surface area (Å²) in [7, 11) is 0. The highest BCUT2D eigenvalue weighted by molar-refractivity contribution is 6.31. The summed E-state index contributed by atoms with van der Waals surface area (Å²) in [5.41, 5.74) is 2.85. The highest BCUT2D eigenvalue weighted by Crippen LogP contribution is 2.18. The minimum Gasteiger partial charge on any atom is -0.322 e. The lowest BCUT2D eigenvalue weighted by atomic mass is 10.1. The molecule has 3 aromatic rings. The number of halogens is 1. The standard InChI is InChI=1S/C21H18ClN3O2/c1-2-14-6-3-4-9-18(14)25-20(26)15-10-11-23-19(12-15)21(27)24-17-8-5-7-16(22)13-17/h3-13H,2H2,1H3,(H,24,27)(H,25,26). The van der Waals surface area contributed by atoms with Crippen LogP contribution in [0.1, 0.15) is 33.3 Å². The molecule has 0 aliphatic carbocycles. The van der Waals surface area contributed by atoms with Gasteiger partial charge in [0.25, 0.3) is 11.8 Å². The van der Waals surface area contributed by atoms with E-state index in [0.29, 0.717) is 16.3 Å². The van der Waals surface area contributed by atoms with Gasteiger partial charge < -0.3 is 10.6 Å². The Balaban J connectivity index is 1.76. The van der Waals surface area contributed by atoms with E-state index < -0.39 is 5.91 Å². The summed E-state index contributed by atoms with van der Waals surface area (Å²) in [5, 5.41) is 6.12. The van der Waals surface area contributed by atoms with E-state index in [1.165, 1.54) is 12.3 Å². The van der Waals surface area contributed by atoms with Crippen LogP contribution in [0.25, 0.3) is 0 Å². The van der Waals surface area contributed by atoms with Crippen molar-refractivity contribution in [3.8, 4) is 0 Å². The van der Waals surface area contributed by atoms with Crippen LogP contribution in [0.2, 0.25) is 5.02 Å². The molecule has 136 valence electrons. The molecule has 0 aliphatic heterocycles. The second-order valence-electron chi connectivity index (χ2n) is 5.86. The number of hydrogen-bond acceptors (Lipinski definition) is 3. The van der Waals surface area contributed by atoms with Crippen LogP contribution in [0.3, 0.4) is 0 Å². The number of hydrogen-bond donors (Lipinski definition) is 2. The molecule has 0 fully saturated rings. The summed E-state index contributed by atoms with van der Waals surface area (Å²) in [6, 6.07) is 17.5. The number of carbonyl (C=O) groups excluding carboxylic acids is 2. The van der Waals surface area contributed by atoms with Gasteiger partial charge in [0.15, 0.2) is 0 Å². The van der Waals surface area contributed by atoms with Gasteiger partial charge in [-0.1, -0.05) is 42.8 Å². The van der Waals surface area contributed by atoms with Crippen molar-refractivity contribution in [3.05, 3.63) is 88.7 Å². The Kier molecular flexibility index (Phi) is 5.84. The van der Waals surface area contributed by atoms with Gasteiger partial charge in [0.05, 0.1) is 0 Å². The first-order chi connectivity index (χ1) is 13.1. The SMILES string of the molecule is CCc1ccccc1NC(=O)c1ccnc(C(=O)Nc2cccc(Cl)c2)c1. The zero-order valence-corrected chi connectivity index (χ0v) is 15.5. The highest BCUT2D eigenvalue weighted by Gasteiger charge is 2.13. The number of rotatable bonds is 5. The molecular formula is C21H18ClN3O2. The molecule has 0 atom stereocenters. The third-order valence-electron chi connectivity index (χ3n) is 3.98. The molecule has 1 aromatic heterocycles. The zero-order valence-electron chi connectivity index (χ0n) is 14.7. The summed E-state index contributed by atoms with van der Waals surface area (Å²) in [6.45, 7) is 2.02. The number of benzene rings is 2. The Morgan fingerprint density at radius 1 is 0.963 bits per heavy atom. The largest absolute Gasteiger partial charge is 0.322 e. The van der Waals surface area contributed by atoms with Crippen molar-refractivity contribution in [2.24, 2.45) is 0 Å². The molecule has 5 nitrogen and oxygen atoms in total. The van der Waals surface area contributed by atoms with Crippen LogP contribution in [0.4, 0.5) is 11.4 Å². The van der Waals surface area contributed by atoms with Crippen molar-refractivity contribution in [2.75, 3.05) is 10.6 Å². The summed E-state index contributed by atoms with van der Waals surface area (Å²) in [4.78, 5) is 29.0. The smallest absolute Gasteiger partial charge is 0.274 e. The summed E-state index contributed by atoms with van der Waals surface area (Å²) >= 11 is 5.92. The molecule has 27 heavy (non-hydrogen) atoms. The molecule has 0 aliphatic rings. The van der Waals surface area contributed by atoms with E-state index >= 15 is 0 Å². The van der Waals surface area contributed by atoms with Gasteiger partial charge in [-0.3, -0.25) is 14.6 Å². The van der Waals surface area contributed by atoms with Crippen LogP contribution < -0.4 is 10.6 Å². The van der Waals surface area contributed by atoms with E-state index in [2.05, 4.69) is 15.6 Å². The number of aromatic nitrogens is 1. The molecule has 0 saturated carbocycles. The molecule has 0 radical (unpaired) electrons. The van der Waals surface area contributed by atoms with Gasteiger partial charge >= 0.3 is 0 Å². The van der Waals surface area contributed by atoms with Gasteiger partial charge in [0.2, 0.25) is 0 Å². The van der Waals surface area contributed by atoms with E-state index in [1.807, 2.05) is 31.2 Å². The molecule has 2 aromatic carbocycles. The monoisotopic (exact) mass is 379 g/mol. The van der Waals surface area contributed by atoms with Crippen molar-refractivity contribution >= 4 is 34.8 Å². The van der Waals surface area contributed by atoms with Gasteiger partial charge in [-0.05, 0) is 48.4 Å². The Morgan fingerprint density at radius 2 is 1.78 bits per heavy atom. The van der Waals surface area contributed by atoms with E-state index in [1.54, 1.807) is 30.3 Å². The summed E-state index contributed by atoms with van der Waals surface area (Å²) in [6.07, 6.45) is 2.24. The number of nitrogens with zero attached hydrogens (tertiary/aromatic N) is 1. The number of nitrogens with one attached hydrogen (secondary N) is 2. The van der Waals surface area contributed by atoms with Crippen molar-refractivity contribution in [2.45, 2.75) is 13.3 Å². The fourth-order valence-corrected chi connectivity index (χ4v) is 2.79. The van der Waals surface area contributed by atoms with Gasteiger partial charge in [-0.25, -0.2) is 0 Å². The average molecular weight is 380 g/mol. The van der Waals surface area contributed by atoms with E-state index in [9.17, 15) is 9.59 Å². The van der Waals surface area contributed by atoms with Crippen molar-refractivity contribution in [3.63, 3.8) is 0 Å². The van der Waals surface area contributed by atoms with Gasteiger partial charge in [-0.2, -0.15) is 0 Å². The van der Waals surface area contributed by atoms with Crippen LogP contribution in [-0.2, 0) is 6.42 Å². The first-order valence-corrected chi connectivity index (χ1v) is 8.87. The molecule has 0 saturated heterocycles. The molecule has 0 spiro atoms. The van der Waals surface area contributed by atoms with Gasteiger partial charge in [0, 0.05) is 28.2 Å². The van der Waals surface area contributed by atoms with E-state index in [4.69, 9.17) is 11.6 Å². The fourth-order valence-electron chi connectivity index (χ4n) is 2.60. The second kappa shape index (κ2) is 8.47. The zero-order chi connectivity index (χ0) is 19.2. The molecule has 0 unspecified atom stereocenters. The number of pyridine rings is 1. The summed E-state index contributed by atoms with van der Waals surface area (Å²) in [5.74, 6) is -0.712. The average Bonchev–Trinajstić information content (AvgIpc) is 2.68. The maximum atomic E-state index is 12.6. The Hall–Kier alpha value is -3.18. The van der Waals surface area contributed by atoms with Gasteiger partial charge in [0.1, 0.15) is 5.69 Å². The van der Waals surface area contributed by atoms with E-state index in [0.717, 1.165) is 17.7 Å². The third kappa shape index (κ3) is 4.71. The third-order valence-corrected chi connectivity index (χ3v) is 4.22. The Labute approximate surface area is 162 Å². The molecule has 3 rings (SSSR count). The van der Waals surface area contributed by atoms with Crippen molar-refractivity contribution in [1.82, 2.24) is 4.98 Å². The normalized spacial score (nSPS) is 10.3. The Morgan fingerprint density at radius 3 is 2.56 bits per heavy atom. The van der Waals surface area contributed by atoms with Crippen LogP contribution in [-0.4, -0.2) is 16.8 Å². The fraction of sp³-hybridized carbons (Fsp3) is 0.0952. The van der Waals surface area contributed by atoms with Crippen molar-refractivity contribution in [1.29, 1.82) is 0 Å². The summed E-state index contributed by atoms with van der Waals surface area (Å²) < 4.78 is 0. The quantitative estimate of drug-likeness (QED) is 0.668. The second-order valence-corrected chi connectivity index (χ2v) is 6.30. The number of amides is 2. The molecular weight excluding hydrogens is 362 g/mol. The molecule has 2 N–H and O–H groups in total. The van der Waals surface area contributed by atoms with Crippen LogP contribution in [0.15, 0.2) is 66.9 Å². The van der Waals surface area contributed by atoms with Crippen LogP contribution in [0.5, 0.6) is 0 Å². The number of para-hydroxylation sites is 1. The number of aryl methyl sites for hydroxylation is 1. The molecule has 0 bridgehead atoms. The van der Waals surface area contributed by atoms with E-state index in [-0.39, 0.29) is 11.6 Å². The predicted molar refractivity (Wildman–Crippen MR) is 107 cm³/mol. The van der Waals surface area contributed by atoms with Crippen molar-refractivity contribution < 1.29 is 9.59 Å². The first-order valence-electron chi connectivity index (χ1n) is 8.49. The molecule has 6 heteroatoms. The lowest BCUT2D eigenvalue weighted by Crippen LogP contribution is -2.17. The molecule has 2 amide bonds. The van der Waals surface area contributed by atoms with Crippen LogP contribution >= 0.6 is 11.6 Å². The minimum absolute atomic E-state index is 0.145. The highest BCUT2D eigenvalue weighted by atomic mass is 35.5. The van der Waals surface area contributed by atoms with Crippen LogP contribution in [0, 0.1) is 0 Å². The maximum absolute atomic E-state index is 12.6. The topological polar surface area (TPSA) is 71.1 Å². The maximum Gasteiger partial charge on any atom is 0.274 e. The Bertz CT molecular complexity index is 988. The number of anilines is 2. The lowest BCUT2D eigenvalue weighted by molar-refractivity contribution is 0.102. The molecule has 1 heterocycles.